The van der Waals surface area contributed by atoms with Crippen LogP contribution in [-0.4, -0.2) is 30.3 Å². The number of sulfonamides is 1. The number of carbonyl (C=O) groups is 1. The van der Waals surface area contributed by atoms with Crippen LogP contribution in [0.4, 0.5) is 13.2 Å². The Morgan fingerprint density at radius 2 is 1.92 bits per heavy atom. The van der Waals surface area contributed by atoms with E-state index in [1.807, 2.05) is 0 Å². The minimum atomic E-state index is -4.89. The molecular formula is C14H11ClF3NO5S. The predicted octanol–water partition coefficient (Wildman–Crippen LogP) is 2.15. The van der Waals surface area contributed by atoms with Crippen LogP contribution in [-0.2, 0) is 21.0 Å². The standard InChI is InChI=1S/C14H11ClF3NO5S/c15-11-5-4-8(7-10(11)14(16,17)18)25(23,24)19-13(22)6-2-1-3-9(13)12(20)21/h1-7,9,19,22H,(H,20,21). The lowest BCUT2D eigenvalue weighted by molar-refractivity contribution is -0.146. The van der Waals surface area contributed by atoms with Crippen LogP contribution in [0.2, 0.25) is 5.02 Å². The molecule has 0 spiro atoms. The quantitative estimate of drug-likeness (QED) is 0.675. The summed E-state index contributed by atoms with van der Waals surface area (Å²) < 4.78 is 65.0. The fourth-order valence-corrected chi connectivity index (χ4v) is 3.65. The molecule has 11 heteroatoms. The average molecular weight is 398 g/mol. The summed E-state index contributed by atoms with van der Waals surface area (Å²) in [7, 11) is -4.69. The molecule has 0 radical (unpaired) electrons. The smallest absolute Gasteiger partial charge is 0.417 e. The second-order valence-corrected chi connectivity index (χ2v) is 7.22. The zero-order chi connectivity index (χ0) is 19.0. The number of alkyl halides is 3. The fourth-order valence-electron chi connectivity index (χ4n) is 2.16. The van der Waals surface area contributed by atoms with Crippen molar-refractivity contribution in [1.29, 1.82) is 0 Å². The molecule has 0 saturated carbocycles. The molecule has 1 aliphatic carbocycles. The molecule has 25 heavy (non-hydrogen) atoms. The summed E-state index contributed by atoms with van der Waals surface area (Å²) >= 11 is 5.43. The molecule has 3 N–H and O–H groups in total. The van der Waals surface area contributed by atoms with Gasteiger partial charge in [0.25, 0.3) is 0 Å². The van der Waals surface area contributed by atoms with Gasteiger partial charge in [0, 0.05) is 0 Å². The van der Waals surface area contributed by atoms with Crippen LogP contribution in [0, 0.1) is 5.92 Å². The van der Waals surface area contributed by atoms with Crippen molar-refractivity contribution >= 4 is 27.6 Å². The van der Waals surface area contributed by atoms with E-state index in [4.69, 9.17) is 16.7 Å². The van der Waals surface area contributed by atoms with Crippen molar-refractivity contribution in [3.63, 3.8) is 0 Å². The van der Waals surface area contributed by atoms with E-state index in [2.05, 4.69) is 0 Å². The van der Waals surface area contributed by atoms with E-state index < -0.39 is 49.3 Å². The van der Waals surface area contributed by atoms with Gasteiger partial charge in [0.1, 0.15) is 5.92 Å². The SMILES string of the molecule is O=C(O)C1C=CC=CC1(O)NS(=O)(=O)c1ccc(Cl)c(C(F)(F)F)c1. The van der Waals surface area contributed by atoms with Crippen molar-refractivity contribution in [1.82, 2.24) is 4.72 Å². The molecule has 0 fully saturated rings. The van der Waals surface area contributed by atoms with E-state index in [1.54, 1.807) is 4.72 Å². The number of aliphatic carboxylic acids is 1. The number of benzene rings is 1. The minimum absolute atomic E-state index is 0.298. The highest BCUT2D eigenvalue weighted by Crippen LogP contribution is 2.36. The van der Waals surface area contributed by atoms with Crippen LogP contribution in [0.15, 0.2) is 47.4 Å². The van der Waals surface area contributed by atoms with Crippen LogP contribution in [0.5, 0.6) is 0 Å². The third-order valence-corrected chi connectivity index (χ3v) is 5.16. The number of allylic oxidation sites excluding steroid dienone is 2. The highest BCUT2D eigenvalue weighted by atomic mass is 35.5. The van der Waals surface area contributed by atoms with Crippen LogP contribution < -0.4 is 4.72 Å². The maximum atomic E-state index is 12.9. The highest BCUT2D eigenvalue weighted by Gasteiger charge is 2.43. The number of rotatable bonds is 4. The first-order chi connectivity index (χ1) is 11.4. The highest BCUT2D eigenvalue weighted by molar-refractivity contribution is 7.89. The fraction of sp³-hybridized carbons (Fsp3) is 0.214. The van der Waals surface area contributed by atoms with E-state index in [0.29, 0.717) is 6.07 Å². The van der Waals surface area contributed by atoms with Gasteiger partial charge in [-0.1, -0.05) is 29.8 Å². The molecule has 0 heterocycles. The van der Waals surface area contributed by atoms with Gasteiger partial charge in [0.05, 0.1) is 15.5 Å². The number of hydrogen-bond acceptors (Lipinski definition) is 4. The van der Waals surface area contributed by atoms with Crippen molar-refractivity contribution in [2.75, 3.05) is 0 Å². The summed E-state index contributed by atoms with van der Waals surface area (Å²) in [6.45, 7) is 0. The van der Waals surface area contributed by atoms with Gasteiger partial charge in [-0.15, -0.1) is 0 Å². The van der Waals surface area contributed by atoms with Crippen LogP contribution in [0.1, 0.15) is 5.56 Å². The van der Waals surface area contributed by atoms with Crippen molar-refractivity contribution in [3.8, 4) is 0 Å². The Morgan fingerprint density at radius 3 is 2.48 bits per heavy atom. The van der Waals surface area contributed by atoms with Crippen molar-refractivity contribution < 1.29 is 36.6 Å². The second-order valence-electron chi connectivity index (χ2n) is 5.13. The lowest BCUT2D eigenvalue weighted by atomic mass is 9.92. The summed E-state index contributed by atoms with van der Waals surface area (Å²) in [4.78, 5) is 10.3. The Hall–Kier alpha value is -1.88. The molecule has 1 aromatic carbocycles. The molecule has 2 unspecified atom stereocenters. The third kappa shape index (κ3) is 4.03. The average Bonchev–Trinajstić information content (AvgIpc) is 2.45. The van der Waals surface area contributed by atoms with Gasteiger partial charge >= 0.3 is 12.1 Å². The normalized spacial score (nSPS) is 23.6. The minimum Gasteiger partial charge on any atom is -0.481 e. The molecule has 2 atom stereocenters. The Labute approximate surface area is 145 Å². The number of carboxylic acids is 1. The summed E-state index contributed by atoms with van der Waals surface area (Å²) in [6.07, 6.45) is -0.495. The zero-order valence-corrected chi connectivity index (χ0v) is 13.7. The van der Waals surface area contributed by atoms with Crippen molar-refractivity contribution in [2.45, 2.75) is 16.8 Å². The van der Waals surface area contributed by atoms with E-state index in [1.165, 1.54) is 12.2 Å². The van der Waals surface area contributed by atoms with E-state index in [9.17, 15) is 31.5 Å². The first kappa shape index (κ1) is 19.4. The Bertz CT molecular complexity index is 866. The molecule has 0 amide bonds. The van der Waals surface area contributed by atoms with Crippen LogP contribution in [0.3, 0.4) is 0 Å². The van der Waals surface area contributed by atoms with Crippen LogP contribution >= 0.6 is 11.6 Å². The zero-order valence-electron chi connectivity index (χ0n) is 12.2. The van der Waals surface area contributed by atoms with Crippen molar-refractivity contribution in [3.05, 3.63) is 53.1 Å². The summed E-state index contributed by atoms with van der Waals surface area (Å²) in [5.41, 5.74) is -3.92. The third-order valence-electron chi connectivity index (χ3n) is 3.36. The molecule has 136 valence electrons. The van der Waals surface area contributed by atoms with Gasteiger partial charge in [0.15, 0.2) is 5.72 Å². The van der Waals surface area contributed by atoms with Crippen LogP contribution in [0.25, 0.3) is 0 Å². The molecular weight excluding hydrogens is 387 g/mol. The Morgan fingerprint density at radius 1 is 1.28 bits per heavy atom. The molecule has 0 bridgehead atoms. The van der Waals surface area contributed by atoms with Gasteiger partial charge in [-0.3, -0.25) is 4.79 Å². The Kier molecular flexibility index (Phi) is 5.01. The number of nitrogens with one attached hydrogen (secondary N) is 1. The van der Waals surface area contributed by atoms with Gasteiger partial charge in [-0.2, -0.15) is 17.9 Å². The molecule has 0 aliphatic heterocycles. The maximum Gasteiger partial charge on any atom is 0.417 e. The molecule has 0 aromatic heterocycles. The lowest BCUT2D eigenvalue weighted by Crippen LogP contribution is -2.54. The van der Waals surface area contributed by atoms with E-state index in [-0.39, 0.29) is 0 Å². The topological polar surface area (TPSA) is 104 Å². The molecule has 0 saturated heterocycles. The van der Waals surface area contributed by atoms with Gasteiger partial charge in [-0.25, -0.2) is 8.42 Å². The second kappa shape index (κ2) is 6.45. The molecule has 1 aliphatic rings. The number of carboxylic acid groups (broad SMARTS) is 1. The first-order valence-corrected chi connectivity index (χ1v) is 8.45. The number of aliphatic hydroxyl groups is 1. The number of halogens is 4. The molecule has 1 aromatic rings. The first-order valence-electron chi connectivity index (χ1n) is 6.59. The number of hydrogen-bond donors (Lipinski definition) is 3. The largest absolute Gasteiger partial charge is 0.481 e. The van der Waals surface area contributed by atoms with Gasteiger partial charge < -0.3 is 10.2 Å². The summed E-state index contributed by atoms with van der Waals surface area (Å²) in [5, 5.41) is 18.7. The monoisotopic (exact) mass is 397 g/mol. The lowest BCUT2D eigenvalue weighted by Gasteiger charge is -2.31. The molecule has 6 nitrogen and oxygen atoms in total. The van der Waals surface area contributed by atoms with E-state index >= 15 is 0 Å². The molecule has 2 rings (SSSR count). The predicted molar refractivity (Wildman–Crippen MR) is 81.1 cm³/mol. The van der Waals surface area contributed by atoms with Gasteiger partial charge in [0.2, 0.25) is 10.0 Å². The Balaban J connectivity index is 2.45. The summed E-state index contributed by atoms with van der Waals surface area (Å²) in [6, 6.07) is 1.85. The van der Waals surface area contributed by atoms with Gasteiger partial charge in [-0.05, 0) is 24.3 Å². The maximum absolute atomic E-state index is 12.9. The van der Waals surface area contributed by atoms with Crippen molar-refractivity contribution in [2.24, 2.45) is 5.92 Å². The summed E-state index contributed by atoms with van der Waals surface area (Å²) in [5.74, 6) is -3.19. The van der Waals surface area contributed by atoms with E-state index in [0.717, 1.165) is 24.3 Å².